The van der Waals surface area contributed by atoms with Gasteiger partial charge < -0.3 is 10.1 Å². The van der Waals surface area contributed by atoms with E-state index < -0.39 is 0 Å². The lowest BCUT2D eigenvalue weighted by atomic mass is 9.88. The van der Waals surface area contributed by atoms with Gasteiger partial charge in [0.25, 0.3) is 0 Å². The van der Waals surface area contributed by atoms with Crippen molar-refractivity contribution in [1.82, 2.24) is 10.2 Å². The molecule has 0 bridgehead atoms. The third kappa shape index (κ3) is 3.43. The molecule has 2 aliphatic rings. The molecule has 0 aromatic carbocycles. The number of likely N-dealkylation sites (tertiary alicyclic amines) is 1. The van der Waals surface area contributed by atoms with E-state index in [4.69, 9.17) is 4.74 Å². The summed E-state index contributed by atoms with van der Waals surface area (Å²) >= 11 is 0. The third-order valence-corrected chi connectivity index (χ3v) is 4.36. The Bertz CT molecular complexity index is 236. The second-order valence-corrected chi connectivity index (χ2v) is 6.09. The highest BCUT2D eigenvalue weighted by molar-refractivity contribution is 4.90. The van der Waals surface area contributed by atoms with Crippen molar-refractivity contribution in [2.24, 2.45) is 0 Å². The average molecular weight is 240 g/mol. The highest BCUT2D eigenvalue weighted by atomic mass is 16.5. The number of hydrogen-bond donors (Lipinski definition) is 1. The zero-order valence-electron chi connectivity index (χ0n) is 11.7. The quantitative estimate of drug-likeness (QED) is 0.817. The molecule has 2 aliphatic heterocycles. The van der Waals surface area contributed by atoms with Gasteiger partial charge in [-0.2, -0.15) is 0 Å². The van der Waals surface area contributed by atoms with Crippen LogP contribution < -0.4 is 5.32 Å². The van der Waals surface area contributed by atoms with Crippen molar-refractivity contribution in [1.29, 1.82) is 0 Å². The summed E-state index contributed by atoms with van der Waals surface area (Å²) in [5.41, 5.74) is 0.310. The first-order valence-electron chi connectivity index (χ1n) is 7.23. The summed E-state index contributed by atoms with van der Waals surface area (Å²) in [6.45, 7) is 11.6. The van der Waals surface area contributed by atoms with Gasteiger partial charge in [0.2, 0.25) is 0 Å². The van der Waals surface area contributed by atoms with Crippen molar-refractivity contribution in [3.05, 3.63) is 0 Å². The molecule has 17 heavy (non-hydrogen) atoms. The van der Waals surface area contributed by atoms with E-state index in [-0.39, 0.29) is 0 Å². The van der Waals surface area contributed by atoms with Gasteiger partial charge in [0, 0.05) is 12.1 Å². The second-order valence-electron chi connectivity index (χ2n) is 6.09. The molecule has 0 radical (unpaired) electrons. The minimum absolute atomic E-state index is 0.310. The maximum absolute atomic E-state index is 6.29. The van der Waals surface area contributed by atoms with Crippen molar-refractivity contribution < 1.29 is 4.74 Å². The van der Waals surface area contributed by atoms with Gasteiger partial charge in [0.15, 0.2) is 0 Å². The van der Waals surface area contributed by atoms with Crippen LogP contribution in [0, 0.1) is 0 Å². The molecule has 1 atom stereocenters. The maximum atomic E-state index is 6.29. The van der Waals surface area contributed by atoms with E-state index >= 15 is 0 Å². The Balaban J connectivity index is 1.82. The molecule has 3 heteroatoms. The summed E-state index contributed by atoms with van der Waals surface area (Å²) in [6, 6.07) is 0. The Labute approximate surface area is 106 Å². The van der Waals surface area contributed by atoms with Crippen LogP contribution in [0.2, 0.25) is 0 Å². The lowest BCUT2D eigenvalue weighted by Gasteiger charge is -2.46. The lowest BCUT2D eigenvalue weighted by molar-refractivity contribution is -0.0832. The largest absolute Gasteiger partial charge is 0.375 e. The number of nitrogens with one attached hydrogen (secondary N) is 1. The van der Waals surface area contributed by atoms with Crippen LogP contribution >= 0.6 is 0 Å². The fourth-order valence-electron chi connectivity index (χ4n) is 3.30. The predicted octanol–water partition coefficient (Wildman–Crippen LogP) is 2.02. The molecule has 0 aliphatic carbocycles. The molecule has 2 saturated heterocycles. The van der Waals surface area contributed by atoms with Crippen molar-refractivity contribution in [2.75, 3.05) is 26.2 Å². The second kappa shape index (κ2) is 5.68. The molecule has 1 N–H and O–H groups in total. The molecule has 3 nitrogen and oxygen atoms in total. The van der Waals surface area contributed by atoms with Crippen LogP contribution in [-0.4, -0.2) is 48.8 Å². The van der Waals surface area contributed by atoms with Gasteiger partial charge in [-0.25, -0.2) is 0 Å². The summed E-state index contributed by atoms with van der Waals surface area (Å²) in [7, 11) is 0. The number of ether oxygens (including phenoxy) is 1. The zero-order valence-corrected chi connectivity index (χ0v) is 11.7. The average Bonchev–Trinajstić information content (AvgIpc) is 2.29. The van der Waals surface area contributed by atoms with Crippen molar-refractivity contribution in [2.45, 2.75) is 64.2 Å². The molecule has 2 rings (SSSR count). The molecule has 2 fully saturated rings. The molecule has 0 saturated carbocycles. The molecule has 2 heterocycles. The Morgan fingerprint density at radius 1 is 1.18 bits per heavy atom. The Kier molecular flexibility index (Phi) is 4.45. The van der Waals surface area contributed by atoms with Gasteiger partial charge in [0.05, 0.1) is 12.2 Å². The first-order chi connectivity index (χ1) is 8.12. The van der Waals surface area contributed by atoms with Crippen LogP contribution in [0.3, 0.4) is 0 Å². The minimum atomic E-state index is 0.310. The predicted molar refractivity (Wildman–Crippen MR) is 71.3 cm³/mol. The summed E-state index contributed by atoms with van der Waals surface area (Å²) in [6.07, 6.45) is 5.76. The maximum Gasteiger partial charge on any atom is 0.0608 e. The molecule has 100 valence electrons. The third-order valence-electron chi connectivity index (χ3n) is 4.36. The van der Waals surface area contributed by atoms with E-state index in [1.54, 1.807) is 0 Å². The fraction of sp³-hybridized carbons (Fsp3) is 1.00. The highest BCUT2D eigenvalue weighted by Crippen LogP contribution is 2.30. The number of rotatable bonds is 3. The van der Waals surface area contributed by atoms with Gasteiger partial charge in [-0.15, -0.1) is 0 Å². The summed E-state index contributed by atoms with van der Waals surface area (Å²) in [5.74, 6) is 0. The molecular weight excluding hydrogens is 212 g/mol. The normalized spacial score (nSPS) is 31.6. The number of hydrogen-bond acceptors (Lipinski definition) is 3. The molecule has 0 aromatic heterocycles. The van der Waals surface area contributed by atoms with E-state index in [0.717, 1.165) is 19.6 Å². The van der Waals surface area contributed by atoms with Crippen LogP contribution in [0.15, 0.2) is 0 Å². The molecule has 0 aromatic rings. The lowest BCUT2D eigenvalue weighted by Crippen LogP contribution is -2.52. The van der Waals surface area contributed by atoms with Crippen molar-refractivity contribution in [3.8, 4) is 0 Å². The molecule has 0 unspecified atom stereocenters. The highest BCUT2D eigenvalue weighted by Gasteiger charge is 2.35. The molecular formula is C14H28N2O. The Morgan fingerprint density at radius 3 is 2.47 bits per heavy atom. The van der Waals surface area contributed by atoms with E-state index in [2.05, 4.69) is 31.0 Å². The first kappa shape index (κ1) is 13.3. The zero-order chi connectivity index (χ0) is 12.3. The Hall–Kier alpha value is -0.120. The van der Waals surface area contributed by atoms with Gasteiger partial charge >= 0.3 is 0 Å². The van der Waals surface area contributed by atoms with Crippen LogP contribution in [0.1, 0.15) is 46.5 Å². The Morgan fingerprint density at radius 2 is 1.88 bits per heavy atom. The van der Waals surface area contributed by atoms with Gasteiger partial charge in [-0.05, 0) is 59.2 Å². The summed E-state index contributed by atoms with van der Waals surface area (Å²) in [5, 5.41) is 3.40. The van der Waals surface area contributed by atoms with E-state index in [1.165, 1.54) is 32.2 Å². The van der Waals surface area contributed by atoms with Crippen LogP contribution in [0.25, 0.3) is 0 Å². The monoisotopic (exact) mass is 240 g/mol. The van der Waals surface area contributed by atoms with E-state index in [9.17, 15) is 0 Å². The smallest absolute Gasteiger partial charge is 0.0608 e. The fourth-order valence-corrected chi connectivity index (χ4v) is 3.30. The van der Waals surface area contributed by atoms with Gasteiger partial charge in [0.1, 0.15) is 0 Å². The van der Waals surface area contributed by atoms with Crippen LogP contribution in [0.5, 0.6) is 0 Å². The number of piperidine rings is 2. The topological polar surface area (TPSA) is 24.5 Å². The first-order valence-corrected chi connectivity index (χ1v) is 7.23. The van der Waals surface area contributed by atoms with E-state index in [0.29, 0.717) is 17.7 Å². The van der Waals surface area contributed by atoms with Crippen molar-refractivity contribution >= 4 is 0 Å². The summed E-state index contributed by atoms with van der Waals surface area (Å²) < 4.78 is 6.29. The van der Waals surface area contributed by atoms with Gasteiger partial charge in [-0.3, -0.25) is 4.90 Å². The van der Waals surface area contributed by atoms with Crippen LogP contribution in [-0.2, 0) is 4.74 Å². The standard InChI is InChI=1S/C14H28N2O/c1-4-16-10-7-13(11-14(16,2)3)17-12-5-8-15-9-6-12/h12-13,15H,4-11H2,1-3H3/t13-/m1/s1. The minimum Gasteiger partial charge on any atom is -0.375 e. The van der Waals surface area contributed by atoms with Crippen LogP contribution in [0.4, 0.5) is 0 Å². The molecule has 0 spiro atoms. The van der Waals surface area contributed by atoms with Crippen molar-refractivity contribution in [3.63, 3.8) is 0 Å². The SMILES string of the molecule is CCN1CC[C@@H](OC2CCNCC2)CC1(C)C. The summed E-state index contributed by atoms with van der Waals surface area (Å²) in [4.78, 5) is 2.58. The van der Waals surface area contributed by atoms with E-state index in [1.807, 2.05) is 0 Å². The molecule has 0 amide bonds. The number of nitrogens with zero attached hydrogens (tertiary/aromatic N) is 1. The van der Waals surface area contributed by atoms with Gasteiger partial charge in [-0.1, -0.05) is 6.92 Å².